The smallest absolute Gasteiger partial charge is 0.322 e. The van der Waals surface area contributed by atoms with E-state index in [0.717, 1.165) is 24.1 Å². The van der Waals surface area contributed by atoms with Crippen molar-refractivity contribution in [2.45, 2.75) is 40.5 Å². The summed E-state index contributed by atoms with van der Waals surface area (Å²) in [4.78, 5) is 20.2. The predicted molar refractivity (Wildman–Crippen MR) is 78.4 cm³/mol. The molecule has 0 fully saturated rings. The number of Topliss-reactive ketones (excluding diaryl/α,β-unsaturated/α-hetero) is 1. The predicted octanol–water partition coefficient (Wildman–Crippen LogP) is 2.37. The lowest BCUT2D eigenvalue weighted by Crippen LogP contribution is -2.49. The van der Waals surface area contributed by atoms with Crippen LogP contribution in [0.15, 0.2) is 0 Å². The highest BCUT2D eigenvalue weighted by Crippen LogP contribution is 2.43. The maximum atomic E-state index is 11.6. The van der Waals surface area contributed by atoms with Crippen LogP contribution in [0.2, 0.25) is 0 Å². The van der Waals surface area contributed by atoms with Crippen LogP contribution in [0.4, 0.5) is 0 Å². The van der Waals surface area contributed by atoms with Crippen LogP contribution in [-0.2, 0) is 18.4 Å². The molecular weight excluding hydrogens is 281 g/mol. The zero-order chi connectivity index (χ0) is 15.6. The molecule has 0 aliphatic rings. The maximum absolute atomic E-state index is 11.6. The molecule has 0 spiro atoms. The molecule has 0 rings (SSSR count). The Morgan fingerprint density at radius 3 is 2.05 bits per heavy atom. The molecule has 0 saturated carbocycles. The van der Waals surface area contributed by atoms with Crippen molar-refractivity contribution in [1.29, 1.82) is 0 Å². The van der Waals surface area contributed by atoms with Gasteiger partial charge < -0.3 is 14.2 Å². The second-order valence-electron chi connectivity index (χ2n) is 4.95. The van der Waals surface area contributed by atoms with Gasteiger partial charge in [0.25, 0.3) is 0 Å². The van der Waals surface area contributed by atoms with Crippen LogP contribution < -0.4 is 0 Å². The van der Waals surface area contributed by atoms with Crippen LogP contribution in [0.1, 0.15) is 40.5 Å². The van der Waals surface area contributed by atoms with E-state index in [4.69, 9.17) is 9.05 Å². The molecule has 0 aromatic carbocycles. The standard InChI is InChI=1S/C13H28NO5P/c1-5-14(6-2,7-3)10-12-19-20(16,17)18-11-8-9-13(4)15/h5-12H2,1-4H3/p+1. The molecule has 0 aromatic heterocycles. The maximum Gasteiger partial charge on any atom is 0.472 e. The molecule has 20 heavy (non-hydrogen) atoms. The first-order valence-electron chi connectivity index (χ1n) is 7.27. The van der Waals surface area contributed by atoms with E-state index in [1.54, 1.807) is 0 Å². The van der Waals surface area contributed by atoms with Crippen molar-refractivity contribution < 1.29 is 27.8 Å². The van der Waals surface area contributed by atoms with Crippen molar-refractivity contribution in [1.82, 2.24) is 0 Å². The fourth-order valence-corrected chi connectivity index (χ4v) is 2.78. The first-order valence-corrected chi connectivity index (χ1v) is 8.76. The van der Waals surface area contributed by atoms with Crippen molar-refractivity contribution in [2.75, 3.05) is 39.4 Å². The van der Waals surface area contributed by atoms with Crippen molar-refractivity contribution >= 4 is 13.6 Å². The average molecular weight is 310 g/mol. The van der Waals surface area contributed by atoms with Gasteiger partial charge in [-0.2, -0.15) is 0 Å². The second-order valence-corrected chi connectivity index (χ2v) is 6.41. The van der Waals surface area contributed by atoms with Gasteiger partial charge in [-0.05, 0) is 34.1 Å². The van der Waals surface area contributed by atoms with Crippen LogP contribution in [-0.4, -0.2) is 54.6 Å². The lowest BCUT2D eigenvalue weighted by Gasteiger charge is -2.35. The molecule has 0 saturated heterocycles. The third-order valence-corrected chi connectivity index (χ3v) is 4.78. The average Bonchev–Trinajstić information content (AvgIpc) is 2.40. The van der Waals surface area contributed by atoms with Gasteiger partial charge in [0.05, 0.1) is 26.2 Å². The van der Waals surface area contributed by atoms with Crippen molar-refractivity contribution in [3.63, 3.8) is 0 Å². The molecular formula is C13H29NO5P+. The third kappa shape index (κ3) is 8.12. The highest BCUT2D eigenvalue weighted by molar-refractivity contribution is 7.47. The van der Waals surface area contributed by atoms with E-state index in [0.29, 0.717) is 19.4 Å². The third-order valence-electron chi connectivity index (χ3n) is 3.76. The summed E-state index contributed by atoms with van der Waals surface area (Å²) in [6.07, 6.45) is 0.781. The van der Waals surface area contributed by atoms with E-state index in [2.05, 4.69) is 20.8 Å². The lowest BCUT2D eigenvalue weighted by atomic mass is 10.2. The highest BCUT2D eigenvalue weighted by atomic mass is 31.2. The van der Waals surface area contributed by atoms with Crippen LogP contribution >= 0.6 is 7.82 Å². The summed E-state index contributed by atoms with van der Waals surface area (Å²) in [5, 5.41) is 0. The SMILES string of the molecule is CC[N+](CC)(CC)CCOP(=O)(O)OCCCC(C)=O. The molecule has 1 atom stereocenters. The summed E-state index contributed by atoms with van der Waals surface area (Å²) in [6.45, 7) is 11.6. The molecule has 0 radical (unpaired) electrons. The van der Waals surface area contributed by atoms with Crippen LogP contribution in [0.5, 0.6) is 0 Å². The topological polar surface area (TPSA) is 72.8 Å². The molecule has 0 amide bonds. The number of nitrogens with zero attached hydrogens (tertiary/aromatic N) is 1. The van der Waals surface area contributed by atoms with Gasteiger partial charge in [-0.15, -0.1) is 0 Å². The highest BCUT2D eigenvalue weighted by Gasteiger charge is 2.25. The van der Waals surface area contributed by atoms with E-state index in [-0.39, 0.29) is 19.0 Å². The Labute approximate surface area is 122 Å². The van der Waals surface area contributed by atoms with E-state index in [1.165, 1.54) is 6.92 Å². The zero-order valence-electron chi connectivity index (χ0n) is 13.1. The molecule has 0 aromatic rings. The minimum atomic E-state index is -3.99. The number of carbonyl (C=O) groups excluding carboxylic acids is 1. The molecule has 0 aliphatic carbocycles. The van der Waals surface area contributed by atoms with E-state index in [9.17, 15) is 14.3 Å². The summed E-state index contributed by atoms with van der Waals surface area (Å²) in [7, 11) is -3.99. The number of ketones is 1. The molecule has 1 N–H and O–H groups in total. The Morgan fingerprint density at radius 2 is 1.60 bits per heavy atom. The van der Waals surface area contributed by atoms with Gasteiger partial charge in [0.2, 0.25) is 0 Å². The van der Waals surface area contributed by atoms with Gasteiger partial charge >= 0.3 is 7.82 Å². The summed E-state index contributed by atoms with van der Waals surface area (Å²) in [6, 6.07) is 0. The molecule has 0 heterocycles. The fraction of sp³-hybridized carbons (Fsp3) is 0.923. The number of carbonyl (C=O) groups is 1. The Kier molecular flexibility index (Phi) is 9.51. The Hall–Kier alpha value is -0.260. The van der Waals surface area contributed by atoms with Gasteiger partial charge in [-0.1, -0.05) is 0 Å². The van der Waals surface area contributed by atoms with Crippen LogP contribution in [0.3, 0.4) is 0 Å². The zero-order valence-corrected chi connectivity index (χ0v) is 14.0. The van der Waals surface area contributed by atoms with Gasteiger partial charge in [0.1, 0.15) is 18.9 Å². The van der Waals surface area contributed by atoms with E-state index in [1.807, 2.05) is 0 Å². The second kappa shape index (κ2) is 9.64. The first-order chi connectivity index (χ1) is 9.31. The van der Waals surface area contributed by atoms with Gasteiger partial charge in [0.15, 0.2) is 0 Å². The molecule has 6 nitrogen and oxygen atoms in total. The lowest BCUT2D eigenvalue weighted by molar-refractivity contribution is -0.923. The quantitative estimate of drug-likeness (QED) is 0.340. The van der Waals surface area contributed by atoms with Crippen LogP contribution in [0.25, 0.3) is 0 Å². The van der Waals surface area contributed by atoms with Gasteiger partial charge in [-0.3, -0.25) is 9.05 Å². The largest absolute Gasteiger partial charge is 0.472 e. The number of hydrogen-bond acceptors (Lipinski definition) is 4. The van der Waals surface area contributed by atoms with Gasteiger partial charge in [-0.25, -0.2) is 4.57 Å². The number of hydrogen-bond donors (Lipinski definition) is 1. The number of phosphoric ester groups is 1. The Balaban J connectivity index is 4.03. The van der Waals surface area contributed by atoms with Gasteiger partial charge in [0, 0.05) is 6.42 Å². The Bertz CT molecular complexity index is 322. The van der Waals surface area contributed by atoms with Crippen LogP contribution in [0, 0.1) is 0 Å². The normalized spacial score (nSPS) is 15.1. The number of phosphoric acid groups is 1. The summed E-state index contributed by atoms with van der Waals surface area (Å²) in [5.41, 5.74) is 0. The molecule has 1 unspecified atom stereocenters. The van der Waals surface area contributed by atoms with E-state index < -0.39 is 7.82 Å². The van der Waals surface area contributed by atoms with E-state index >= 15 is 0 Å². The fourth-order valence-electron chi connectivity index (χ4n) is 2.03. The molecule has 7 heteroatoms. The number of quaternary nitrogens is 1. The minimum absolute atomic E-state index is 0.0400. The van der Waals surface area contributed by atoms with Crippen molar-refractivity contribution in [3.8, 4) is 0 Å². The summed E-state index contributed by atoms with van der Waals surface area (Å²) in [5.74, 6) is 0.0400. The molecule has 120 valence electrons. The summed E-state index contributed by atoms with van der Waals surface area (Å²) >= 11 is 0. The number of likely N-dealkylation sites (N-methyl/N-ethyl adjacent to an activating group) is 1. The van der Waals surface area contributed by atoms with Crippen molar-refractivity contribution in [3.05, 3.63) is 0 Å². The summed E-state index contributed by atoms with van der Waals surface area (Å²) < 4.78 is 22.3. The Morgan fingerprint density at radius 1 is 1.10 bits per heavy atom. The number of rotatable bonds is 12. The monoisotopic (exact) mass is 310 g/mol. The first kappa shape index (κ1) is 19.7. The molecule has 0 bridgehead atoms. The van der Waals surface area contributed by atoms with Crippen molar-refractivity contribution in [2.24, 2.45) is 0 Å². The molecule has 0 aliphatic heterocycles. The minimum Gasteiger partial charge on any atom is -0.322 e.